The molecule has 1 atom stereocenters. The van der Waals surface area contributed by atoms with Crippen molar-refractivity contribution in [1.82, 2.24) is 20.4 Å². The second-order valence-electron chi connectivity index (χ2n) is 12.3. The van der Waals surface area contributed by atoms with E-state index in [1.807, 2.05) is 6.92 Å². The first kappa shape index (κ1) is 35.3. The van der Waals surface area contributed by atoms with Crippen molar-refractivity contribution in [1.29, 1.82) is 0 Å². The molecule has 246 valence electrons. The number of benzene rings is 1. The molecule has 1 saturated carbocycles. The summed E-state index contributed by atoms with van der Waals surface area (Å²) in [4.78, 5) is 55.9. The lowest BCUT2D eigenvalue weighted by Crippen LogP contribution is -2.49. The fourth-order valence-electron chi connectivity index (χ4n) is 6.34. The molecule has 0 bridgehead atoms. The molecule has 44 heavy (non-hydrogen) atoms. The van der Waals surface area contributed by atoms with Gasteiger partial charge in [0.2, 0.25) is 11.8 Å². The molecule has 1 aromatic carbocycles. The maximum atomic E-state index is 13.2. The molecule has 1 unspecified atom stereocenters. The van der Waals surface area contributed by atoms with Crippen LogP contribution in [0.4, 0.5) is 10.5 Å². The standard InChI is InChI=1S/C31H47N5O5.C2H7N/c1-4-25(14-16-34(2)21-22-12-17-35(18-13-22)30(39)23-8-6-5-7-9-23)32-29(38)24-10-11-27(41-3)26(20-24)36-19-15-28(37)33-31(36)40;1-2-3/h10-11,20,22-23,25H,4-9,12-19,21H2,1-3H3,(H,32,38)(H,33,37,40);2-3H2,1H3. The van der Waals surface area contributed by atoms with E-state index < -0.39 is 6.03 Å². The Morgan fingerprint density at radius 3 is 2.39 bits per heavy atom. The summed E-state index contributed by atoms with van der Waals surface area (Å²) in [5.41, 5.74) is 5.75. The van der Waals surface area contributed by atoms with E-state index >= 15 is 0 Å². The maximum absolute atomic E-state index is 13.2. The highest BCUT2D eigenvalue weighted by Crippen LogP contribution is 2.31. The lowest BCUT2D eigenvalue weighted by molar-refractivity contribution is -0.138. The van der Waals surface area contributed by atoms with Crippen LogP contribution in [0.2, 0.25) is 0 Å². The lowest BCUT2D eigenvalue weighted by Gasteiger charge is -2.36. The third-order valence-electron chi connectivity index (χ3n) is 8.92. The molecule has 2 aliphatic heterocycles. The number of carbonyl (C=O) groups is 4. The number of hydrogen-bond acceptors (Lipinski definition) is 7. The number of amides is 5. The molecule has 2 heterocycles. The summed E-state index contributed by atoms with van der Waals surface area (Å²) in [5.74, 6) is 1.17. The third-order valence-corrected chi connectivity index (χ3v) is 8.92. The van der Waals surface area contributed by atoms with Crippen LogP contribution in [0.3, 0.4) is 0 Å². The van der Waals surface area contributed by atoms with Gasteiger partial charge in [-0.05, 0) is 82.8 Å². The van der Waals surface area contributed by atoms with Crippen molar-refractivity contribution >= 4 is 29.4 Å². The summed E-state index contributed by atoms with van der Waals surface area (Å²) in [5, 5.41) is 5.47. The Balaban J connectivity index is 0.00000169. The number of likely N-dealkylation sites (tertiary alicyclic amines) is 1. The van der Waals surface area contributed by atoms with Gasteiger partial charge in [0, 0.05) is 50.1 Å². The number of carbonyl (C=O) groups excluding carboxylic acids is 4. The second kappa shape index (κ2) is 17.9. The van der Waals surface area contributed by atoms with Gasteiger partial charge in [-0.25, -0.2) is 4.79 Å². The molecule has 3 fully saturated rings. The average Bonchev–Trinajstić information content (AvgIpc) is 3.03. The van der Waals surface area contributed by atoms with Crippen molar-refractivity contribution in [3.8, 4) is 5.75 Å². The van der Waals surface area contributed by atoms with Gasteiger partial charge in [-0.2, -0.15) is 0 Å². The zero-order valence-corrected chi connectivity index (χ0v) is 27.2. The SMILES string of the molecule is CCC(CCN(C)CC1CCN(C(=O)C2CCCCC2)CC1)NC(=O)c1ccc(OC)c(N2CCC(=O)NC2=O)c1.CCN. The van der Waals surface area contributed by atoms with Crippen LogP contribution in [0.5, 0.6) is 5.75 Å². The minimum atomic E-state index is -0.520. The van der Waals surface area contributed by atoms with Gasteiger partial charge >= 0.3 is 6.03 Å². The molecule has 2 saturated heterocycles. The molecule has 11 heteroatoms. The summed E-state index contributed by atoms with van der Waals surface area (Å²) in [6, 6.07) is 4.51. The van der Waals surface area contributed by atoms with Gasteiger partial charge in [0.05, 0.1) is 12.8 Å². The number of piperidine rings is 1. The first-order valence-corrected chi connectivity index (χ1v) is 16.5. The fourth-order valence-corrected chi connectivity index (χ4v) is 6.34. The number of imide groups is 1. The second-order valence-corrected chi connectivity index (χ2v) is 12.3. The largest absolute Gasteiger partial charge is 0.495 e. The van der Waals surface area contributed by atoms with Crippen molar-refractivity contribution in [2.75, 3.05) is 58.3 Å². The van der Waals surface area contributed by atoms with Crippen LogP contribution in [0.25, 0.3) is 0 Å². The first-order chi connectivity index (χ1) is 21.2. The van der Waals surface area contributed by atoms with Crippen molar-refractivity contribution in [3.63, 3.8) is 0 Å². The zero-order valence-electron chi connectivity index (χ0n) is 27.2. The predicted molar refractivity (Wildman–Crippen MR) is 173 cm³/mol. The number of ether oxygens (including phenoxy) is 1. The molecule has 1 aliphatic carbocycles. The van der Waals surface area contributed by atoms with E-state index in [1.54, 1.807) is 18.2 Å². The predicted octanol–water partition coefficient (Wildman–Crippen LogP) is 3.76. The Kier molecular flexibility index (Phi) is 14.4. The summed E-state index contributed by atoms with van der Waals surface area (Å²) in [7, 11) is 3.65. The summed E-state index contributed by atoms with van der Waals surface area (Å²) >= 11 is 0. The van der Waals surface area contributed by atoms with E-state index in [-0.39, 0.29) is 36.7 Å². The van der Waals surface area contributed by atoms with Gasteiger partial charge < -0.3 is 25.6 Å². The number of nitrogens with two attached hydrogens (primary N) is 1. The van der Waals surface area contributed by atoms with Gasteiger partial charge in [0.15, 0.2) is 0 Å². The molecule has 0 spiro atoms. The molecular formula is C33H54N6O5. The average molecular weight is 615 g/mol. The number of rotatable bonds is 11. The molecule has 4 rings (SSSR count). The minimum absolute atomic E-state index is 0.0152. The number of methoxy groups -OCH3 is 1. The molecular weight excluding hydrogens is 560 g/mol. The maximum Gasteiger partial charge on any atom is 0.328 e. The number of anilines is 1. The van der Waals surface area contributed by atoms with Crippen molar-refractivity contribution in [2.45, 2.75) is 84.1 Å². The molecule has 5 amide bonds. The minimum Gasteiger partial charge on any atom is -0.495 e. The summed E-state index contributed by atoms with van der Waals surface area (Å²) < 4.78 is 5.42. The van der Waals surface area contributed by atoms with E-state index in [9.17, 15) is 19.2 Å². The Morgan fingerprint density at radius 1 is 1.09 bits per heavy atom. The van der Waals surface area contributed by atoms with Crippen LogP contribution in [0.1, 0.15) is 88.4 Å². The van der Waals surface area contributed by atoms with E-state index in [1.165, 1.54) is 31.3 Å². The van der Waals surface area contributed by atoms with Gasteiger partial charge in [0.1, 0.15) is 5.75 Å². The van der Waals surface area contributed by atoms with Crippen LogP contribution in [-0.4, -0.2) is 93.0 Å². The fraction of sp³-hybridized carbons (Fsp3) is 0.697. The van der Waals surface area contributed by atoms with Crippen LogP contribution >= 0.6 is 0 Å². The quantitative estimate of drug-likeness (QED) is 0.345. The highest BCUT2D eigenvalue weighted by molar-refractivity contribution is 6.07. The lowest BCUT2D eigenvalue weighted by atomic mass is 9.87. The van der Waals surface area contributed by atoms with Gasteiger partial charge in [-0.1, -0.05) is 33.1 Å². The zero-order chi connectivity index (χ0) is 32.1. The van der Waals surface area contributed by atoms with Crippen LogP contribution < -0.4 is 26.0 Å². The van der Waals surface area contributed by atoms with Gasteiger partial charge in [-0.3, -0.25) is 24.6 Å². The van der Waals surface area contributed by atoms with Gasteiger partial charge in [0.25, 0.3) is 5.91 Å². The number of nitrogens with one attached hydrogen (secondary N) is 2. The molecule has 0 radical (unpaired) electrons. The van der Waals surface area contributed by atoms with E-state index in [0.29, 0.717) is 28.8 Å². The van der Waals surface area contributed by atoms with Gasteiger partial charge in [-0.15, -0.1) is 0 Å². The molecule has 0 aromatic heterocycles. The van der Waals surface area contributed by atoms with E-state index in [0.717, 1.165) is 71.2 Å². The summed E-state index contributed by atoms with van der Waals surface area (Å²) in [6.07, 6.45) is 9.72. The van der Waals surface area contributed by atoms with Crippen molar-refractivity contribution in [2.24, 2.45) is 17.6 Å². The topological polar surface area (TPSA) is 137 Å². The smallest absolute Gasteiger partial charge is 0.328 e. The normalized spacial score (nSPS) is 18.8. The number of urea groups is 1. The Morgan fingerprint density at radius 2 is 1.77 bits per heavy atom. The van der Waals surface area contributed by atoms with Crippen LogP contribution in [-0.2, 0) is 9.59 Å². The number of nitrogens with zero attached hydrogens (tertiary/aromatic N) is 3. The third kappa shape index (κ3) is 10.2. The highest BCUT2D eigenvalue weighted by atomic mass is 16.5. The molecule has 3 aliphatic rings. The van der Waals surface area contributed by atoms with E-state index in [2.05, 4.69) is 34.4 Å². The molecule has 4 N–H and O–H groups in total. The Bertz CT molecular complexity index is 1100. The molecule has 1 aromatic rings. The van der Waals surface area contributed by atoms with Crippen molar-refractivity contribution in [3.05, 3.63) is 23.8 Å². The van der Waals surface area contributed by atoms with Crippen LogP contribution in [0.15, 0.2) is 18.2 Å². The monoisotopic (exact) mass is 614 g/mol. The molecule has 11 nitrogen and oxygen atoms in total. The van der Waals surface area contributed by atoms with E-state index in [4.69, 9.17) is 10.5 Å². The Hall–Kier alpha value is -3.18. The highest BCUT2D eigenvalue weighted by Gasteiger charge is 2.30. The summed E-state index contributed by atoms with van der Waals surface area (Å²) in [6.45, 7) is 8.57. The van der Waals surface area contributed by atoms with Crippen LogP contribution in [0, 0.1) is 11.8 Å². The number of hydrogen-bond donors (Lipinski definition) is 3. The van der Waals surface area contributed by atoms with Crippen molar-refractivity contribution < 1.29 is 23.9 Å². The Labute approximate surface area is 263 Å². The first-order valence-electron chi connectivity index (χ1n) is 16.5.